The molecule has 6 heteroatoms. The van der Waals surface area contributed by atoms with Crippen LogP contribution in [0.1, 0.15) is 20.3 Å². The average Bonchev–Trinajstić information content (AvgIpc) is 2.42. The second kappa shape index (κ2) is 6.78. The Labute approximate surface area is 122 Å². The number of nitrogens with one attached hydrogen (secondary N) is 1. The maximum atomic E-state index is 13.4. The normalized spacial score (nSPS) is 10.5. The van der Waals surface area contributed by atoms with Gasteiger partial charge < -0.3 is 10.1 Å². The number of para-hydroxylation sites is 1. The maximum absolute atomic E-state index is 13.4. The molecule has 21 heavy (non-hydrogen) atoms. The molecule has 2 rings (SSSR count). The number of nitrogens with zero attached hydrogens (tertiary/aromatic N) is 2. The molecule has 1 aromatic heterocycles. The van der Waals surface area contributed by atoms with Gasteiger partial charge in [0.05, 0.1) is 18.1 Å². The molecular formula is C15H16FN3O2. The van der Waals surface area contributed by atoms with Crippen molar-refractivity contribution in [3.8, 4) is 11.8 Å². The summed E-state index contributed by atoms with van der Waals surface area (Å²) in [6.45, 7) is 3.92. The van der Waals surface area contributed by atoms with E-state index in [1.165, 1.54) is 24.5 Å². The lowest BCUT2D eigenvalue weighted by atomic mass is 10.1. The highest BCUT2D eigenvalue weighted by Crippen LogP contribution is 2.21. The number of anilines is 1. The smallest absolute Gasteiger partial charge is 0.322 e. The van der Waals surface area contributed by atoms with Gasteiger partial charge in [0.25, 0.3) is 0 Å². The lowest BCUT2D eigenvalue weighted by molar-refractivity contribution is -0.116. The molecule has 1 aromatic carbocycles. The van der Waals surface area contributed by atoms with E-state index in [4.69, 9.17) is 4.74 Å². The first-order valence-corrected chi connectivity index (χ1v) is 6.59. The third-order valence-corrected chi connectivity index (χ3v) is 2.54. The maximum Gasteiger partial charge on any atom is 0.322 e. The molecule has 0 aliphatic carbocycles. The van der Waals surface area contributed by atoms with E-state index < -0.39 is 5.82 Å². The van der Waals surface area contributed by atoms with E-state index in [0.29, 0.717) is 12.1 Å². The van der Waals surface area contributed by atoms with E-state index in [1.54, 1.807) is 12.1 Å². The highest BCUT2D eigenvalue weighted by molar-refractivity contribution is 5.90. The average molecular weight is 289 g/mol. The molecule has 0 bridgehead atoms. The molecule has 0 fully saturated rings. The minimum Gasteiger partial charge on any atom is -0.421 e. The van der Waals surface area contributed by atoms with Crippen LogP contribution in [0.4, 0.5) is 10.1 Å². The van der Waals surface area contributed by atoms with Gasteiger partial charge in [0.2, 0.25) is 5.91 Å². The minimum atomic E-state index is -0.490. The zero-order chi connectivity index (χ0) is 15.2. The van der Waals surface area contributed by atoms with Gasteiger partial charge in [0.1, 0.15) is 0 Å². The van der Waals surface area contributed by atoms with Gasteiger partial charge in [-0.05, 0) is 18.1 Å². The van der Waals surface area contributed by atoms with Crippen LogP contribution in [0, 0.1) is 11.7 Å². The van der Waals surface area contributed by atoms with Gasteiger partial charge in [-0.3, -0.25) is 4.79 Å². The number of amides is 1. The first-order valence-electron chi connectivity index (χ1n) is 6.59. The number of halogens is 1. The van der Waals surface area contributed by atoms with E-state index in [9.17, 15) is 9.18 Å². The first kappa shape index (κ1) is 14.9. The number of carbonyl (C=O) groups excluding carboxylic acids is 1. The number of aromatic nitrogens is 2. The summed E-state index contributed by atoms with van der Waals surface area (Å²) in [6, 6.07) is 6.00. The van der Waals surface area contributed by atoms with E-state index >= 15 is 0 Å². The van der Waals surface area contributed by atoms with Gasteiger partial charge in [-0.25, -0.2) is 14.4 Å². The first-order chi connectivity index (χ1) is 10.0. The summed E-state index contributed by atoms with van der Waals surface area (Å²) >= 11 is 0. The Morgan fingerprint density at radius 3 is 2.57 bits per heavy atom. The number of benzene rings is 1. The molecule has 110 valence electrons. The zero-order valence-electron chi connectivity index (χ0n) is 11.8. The van der Waals surface area contributed by atoms with E-state index in [-0.39, 0.29) is 23.6 Å². The van der Waals surface area contributed by atoms with Crippen molar-refractivity contribution in [2.24, 2.45) is 5.92 Å². The zero-order valence-corrected chi connectivity index (χ0v) is 11.8. The van der Waals surface area contributed by atoms with Crippen LogP contribution in [-0.2, 0) is 4.79 Å². The topological polar surface area (TPSA) is 64.1 Å². The Balaban J connectivity index is 1.99. The fraction of sp³-hybridized carbons (Fsp3) is 0.267. The minimum absolute atomic E-state index is 0.0157. The molecule has 0 saturated heterocycles. The van der Waals surface area contributed by atoms with E-state index in [1.807, 2.05) is 13.8 Å². The highest BCUT2D eigenvalue weighted by Gasteiger charge is 2.08. The van der Waals surface area contributed by atoms with Crippen molar-refractivity contribution < 1.29 is 13.9 Å². The van der Waals surface area contributed by atoms with Crippen molar-refractivity contribution in [1.29, 1.82) is 0 Å². The summed E-state index contributed by atoms with van der Waals surface area (Å²) in [7, 11) is 0. The Hall–Kier alpha value is -2.50. The molecular weight excluding hydrogens is 273 g/mol. The molecule has 0 spiro atoms. The summed E-state index contributed by atoms with van der Waals surface area (Å²) in [5, 5.41) is 2.68. The molecule has 0 aliphatic rings. The summed E-state index contributed by atoms with van der Waals surface area (Å²) in [5.41, 5.74) is 0.474. The highest BCUT2D eigenvalue weighted by atomic mass is 19.1. The van der Waals surface area contributed by atoms with Crippen molar-refractivity contribution in [1.82, 2.24) is 9.97 Å². The second-order valence-corrected chi connectivity index (χ2v) is 4.93. The number of hydrogen-bond acceptors (Lipinski definition) is 4. The van der Waals surface area contributed by atoms with Gasteiger partial charge >= 0.3 is 6.01 Å². The quantitative estimate of drug-likeness (QED) is 0.916. The van der Waals surface area contributed by atoms with Gasteiger partial charge in [-0.1, -0.05) is 26.0 Å². The molecule has 0 aliphatic heterocycles. The molecule has 1 heterocycles. The Bertz CT molecular complexity index is 615. The van der Waals surface area contributed by atoms with Crippen molar-refractivity contribution in [2.75, 3.05) is 5.32 Å². The Morgan fingerprint density at radius 2 is 1.95 bits per heavy atom. The molecule has 0 atom stereocenters. The Morgan fingerprint density at radius 1 is 1.29 bits per heavy atom. The van der Waals surface area contributed by atoms with E-state index in [2.05, 4.69) is 15.3 Å². The van der Waals surface area contributed by atoms with Crippen LogP contribution in [0.25, 0.3) is 0 Å². The number of ether oxygens (including phenoxy) is 1. The number of hydrogen-bond donors (Lipinski definition) is 1. The monoisotopic (exact) mass is 289 g/mol. The van der Waals surface area contributed by atoms with Gasteiger partial charge in [-0.2, -0.15) is 0 Å². The lowest BCUT2D eigenvalue weighted by Gasteiger charge is -2.07. The van der Waals surface area contributed by atoms with Crippen LogP contribution >= 0.6 is 0 Å². The van der Waals surface area contributed by atoms with Crippen molar-refractivity contribution in [2.45, 2.75) is 20.3 Å². The van der Waals surface area contributed by atoms with Crippen LogP contribution in [0.3, 0.4) is 0 Å². The molecule has 0 radical (unpaired) electrons. The Kier molecular flexibility index (Phi) is 4.81. The summed E-state index contributed by atoms with van der Waals surface area (Å²) in [5.74, 6) is -0.268. The third-order valence-electron chi connectivity index (χ3n) is 2.54. The van der Waals surface area contributed by atoms with Crippen LogP contribution in [0.15, 0.2) is 36.7 Å². The summed E-state index contributed by atoms with van der Waals surface area (Å²) in [4.78, 5) is 19.5. The molecule has 1 N–H and O–H groups in total. The van der Waals surface area contributed by atoms with Crippen LogP contribution < -0.4 is 10.1 Å². The van der Waals surface area contributed by atoms with Gasteiger partial charge in [0, 0.05) is 6.42 Å². The molecule has 2 aromatic rings. The van der Waals surface area contributed by atoms with Crippen molar-refractivity contribution in [3.63, 3.8) is 0 Å². The number of carbonyl (C=O) groups is 1. The molecule has 0 unspecified atom stereocenters. The largest absolute Gasteiger partial charge is 0.421 e. The molecule has 0 saturated carbocycles. The van der Waals surface area contributed by atoms with Crippen molar-refractivity contribution >= 4 is 11.6 Å². The number of rotatable bonds is 5. The van der Waals surface area contributed by atoms with Gasteiger partial charge in [-0.15, -0.1) is 0 Å². The molecule has 5 nitrogen and oxygen atoms in total. The second-order valence-electron chi connectivity index (χ2n) is 4.93. The summed E-state index contributed by atoms with van der Waals surface area (Å²) < 4.78 is 18.6. The van der Waals surface area contributed by atoms with Crippen LogP contribution in [-0.4, -0.2) is 15.9 Å². The van der Waals surface area contributed by atoms with Crippen molar-refractivity contribution in [3.05, 3.63) is 42.5 Å². The lowest BCUT2D eigenvalue weighted by Crippen LogP contribution is -2.14. The predicted molar refractivity (Wildman–Crippen MR) is 76.6 cm³/mol. The van der Waals surface area contributed by atoms with Crippen LogP contribution in [0.5, 0.6) is 11.8 Å². The van der Waals surface area contributed by atoms with E-state index in [0.717, 1.165) is 0 Å². The summed E-state index contributed by atoms with van der Waals surface area (Å²) in [6.07, 6.45) is 3.26. The van der Waals surface area contributed by atoms with Crippen LogP contribution in [0.2, 0.25) is 0 Å². The molecule has 1 amide bonds. The fourth-order valence-electron chi connectivity index (χ4n) is 1.64. The SMILES string of the molecule is CC(C)CC(=O)Nc1cnc(Oc2ccccc2F)nc1. The fourth-order valence-corrected chi connectivity index (χ4v) is 1.64. The van der Waals surface area contributed by atoms with Gasteiger partial charge in [0.15, 0.2) is 11.6 Å². The third kappa shape index (κ3) is 4.52. The predicted octanol–water partition coefficient (Wildman–Crippen LogP) is 3.39. The standard InChI is InChI=1S/C15H16FN3O2/c1-10(2)7-14(20)19-11-8-17-15(18-9-11)21-13-6-4-3-5-12(13)16/h3-6,8-10H,7H2,1-2H3,(H,19,20).